The molecule has 1 atom stereocenters. The zero-order chi connectivity index (χ0) is 39.7. The Bertz CT molecular complexity index is 2080. The van der Waals surface area contributed by atoms with Crippen molar-refractivity contribution in [1.82, 2.24) is 4.90 Å². The van der Waals surface area contributed by atoms with Crippen molar-refractivity contribution >= 4 is 23.9 Å². The van der Waals surface area contributed by atoms with E-state index in [1.165, 1.54) is 21.3 Å². The molecule has 0 radical (unpaired) electrons. The minimum absolute atomic E-state index is 0.0423. The van der Waals surface area contributed by atoms with Gasteiger partial charge in [0.25, 0.3) is 11.7 Å². The van der Waals surface area contributed by atoms with Crippen molar-refractivity contribution in [3.63, 3.8) is 0 Å². The van der Waals surface area contributed by atoms with E-state index in [0.29, 0.717) is 63.2 Å². The number of benzene rings is 4. The van der Waals surface area contributed by atoms with E-state index in [9.17, 15) is 19.5 Å². The van der Waals surface area contributed by atoms with Gasteiger partial charge in [-0.1, -0.05) is 24.3 Å². The van der Waals surface area contributed by atoms with Crippen LogP contribution in [0.1, 0.15) is 32.6 Å². The maximum Gasteiger partial charge on any atom is 0.342 e. The number of amides is 2. The van der Waals surface area contributed by atoms with Crippen LogP contribution in [-0.2, 0) is 36.0 Å². The summed E-state index contributed by atoms with van der Waals surface area (Å²) in [4.78, 5) is 39.0. The van der Waals surface area contributed by atoms with Gasteiger partial charge in [0.1, 0.15) is 12.4 Å². The molecule has 4 aromatic carbocycles. The summed E-state index contributed by atoms with van der Waals surface area (Å²) in [7, 11) is 4.52. The molecule has 0 bridgehead atoms. The zero-order valence-electron chi connectivity index (χ0n) is 31.5. The third kappa shape index (κ3) is 8.57. The van der Waals surface area contributed by atoms with E-state index in [1.54, 1.807) is 66.7 Å². The first kappa shape index (κ1) is 39.6. The van der Waals surface area contributed by atoms with Gasteiger partial charge in [-0.3, -0.25) is 14.5 Å². The molecule has 0 aliphatic carbocycles. The summed E-state index contributed by atoms with van der Waals surface area (Å²) in [5, 5.41) is 12.2. The minimum Gasteiger partial charge on any atom is -0.497 e. The number of aliphatic hydroxyl groups is 1. The molecule has 2 heterocycles. The van der Waals surface area contributed by atoms with Crippen LogP contribution in [0, 0.1) is 6.92 Å². The van der Waals surface area contributed by atoms with Crippen LogP contribution < -0.4 is 28.4 Å². The highest BCUT2D eigenvalue weighted by molar-refractivity contribution is 6.20. The minimum atomic E-state index is -2.12. The Labute approximate surface area is 324 Å². The highest BCUT2D eigenvalue weighted by Gasteiger charge is 2.48. The summed E-state index contributed by atoms with van der Waals surface area (Å²) in [6.45, 7) is 2.92. The van der Waals surface area contributed by atoms with Crippen LogP contribution in [0.4, 0.5) is 0 Å². The Hall–Kier alpha value is -6.09. The Morgan fingerprint density at radius 2 is 1.55 bits per heavy atom. The number of hydrogen-bond donors (Lipinski definition) is 1. The van der Waals surface area contributed by atoms with Crippen molar-refractivity contribution in [2.24, 2.45) is 0 Å². The molecule has 1 N–H and O–H groups in total. The van der Waals surface area contributed by atoms with Crippen molar-refractivity contribution < 1.29 is 62.1 Å². The largest absolute Gasteiger partial charge is 0.497 e. The van der Waals surface area contributed by atoms with E-state index < -0.39 is 11.8 Å². The zero-order valence-corrected chi connectivity index (χ0v) is 31.5. The highest BCUT2D eigenvalue weighted by atomic mass is 16.7. The first-order valence-electron chi connectivity index (χ1n) is 17.8. The molecule has 0 spiro atoms. The van der Waals surface area contributed by atoms with E-state index in [0.717, 1.165) is 10.5 Å². The van der Waals surface area contributed by atoms with Crippen molar-refractivity contribution in [3.8, 4) is 34.5 Å². The van der Waals surface area contributed by atoms with Gasteiger partial charge in [0.05, 0.1) is 59.9 Å². The van der Waals surface area contributed by atoms with E-state index in [2.05, 4.69) is 0 Å². The lowest BCUT2D eigenvalue weighted by Crippen LogP contribution is -2.33. The van der Waals surface area contributed by atoms with Gasteiger partial charge in [-0.2, -0.15) is 0 Å². The average molecular weight is 770 g/mol. The topological polar surface area (TPSA) is 158 Å². The number of hydrogen-bond acceptors (Lipinski definition) is 13. The second-order valence-electron chi connectivity index (χ2n) is 12.7. The predicted octanol–water partition coefficient (Wildman–Crippen LogP) is 4.86. The number of esters is 1. The van der Waals surface area contributed by atoms with Gasteiger partial charge in [0.2, 0.25) is 19.0 Å². The molecule has 4 aromatic rings. The Kier molecular flexibility index (Phi) is 12.7. The number of methoxy groups -OCH3 is 3. The third-order valence-electron chi connectivity index (χ3n) is 9.28. The summed E-state index contributed by atoms with van der Waals surface area (Å²) in [5.41, 5.74) is 3.12. The second kappa shape index (κ2) is 18.0. The molecule has 0 saturated heterocycles. The number of nitrogens with zero attached hydrogens (tertiary/aromatic N) is 1. The fourth-order valence-electron chi connectivity index (χ4n) is 6.40. The molecule has 0 aromatic heterocycles. The first-order chi connectivity index (χ1) is 27.2. The fraction of sp³-hybridized carbons (Fsp3) is 0.310. The highest BCUT2D eigenvalue weighted by Crippen LogP contribution is 2.48. The average Bonchev–Trinajstić information content (AvgIpc) is 3.79. The van der Waals surface area contributed by atoms with Crippen molar-refractivity contribution in [1.29, 1.82) is 0 Å². The molecule has 56 heavy (non-hydrogen) atoms. The van der Waals surface area contributed by atoms with E-state index in [1.807, 2.05) is 19.1 Å². The van der Waals surface area contributed by atoms with Gasteiger partial charge in [0, 0.05) is 23.1 Å². The predicted molar refractivity (Wildman–Crippen MR) is 201 cm³/mol. The van der Waals surface area contributed by atoms with Gasteiger partial charge in [-0.05, 0) is 78.2 Å². The summed E-state index contributed by atoms with van der Waals surface area (Å²) < 4.78 is 50.8. The molecule has 294 valence electrons. The van der Waals surface area contributed by atoms with Gasteiger partial charge >= 0.3 is 5.97 Å². The molecule has 0 fully saturated rings. The summed E-state index contributed by atoms with van der Waals surface area (Å²) in [6, 6.07) is 22.3. The molecular formula is C42H43NO13. The molecular weight excluding hydrogens is 726 g/mol. The van der Waals surface area contributed by atoms with Crippen molar-refractivity contribution in [2.75, 3.05) is 67.7 Å². The SMILES string of the molecule is COc1ccc(C2(O)OC(=O)C(c3ccc4c(c3)OCO4)=C2Cc2cc(OC)c(OC)c(OCCOCCOCCN(C=O)C(=O)c3ccccc3C)c2)cc1. The van der Waals surface area contributed by atoms with Gasteiger partial charge in [-0.15, -0.1) is 0 Å². The van der Waals surface area contributed by atoms with Gasteiger partial charge in [-0.25, -0.2) is 4.79 Å². The van der Waals surface area contributed by atoms with Gasteiger partial charge in [0.15, 0.2) is 23.0 Å². The van der Waals surface area contributed by atoms with Crippen LogP contribution >= 0.6 is 0 Å². The molecule has 14 heteroatoms. The van der Waals surface area contributed by atoms with E-state index in [-0.39, 0.29) is 69.8 Å². The number of carbonyl (C=O) groups is 3. The van der Waals surface area contributed by atoms with E-state index >= 15 is 0 Å². The third-order valence-corrected chi connectivity index (χ3v) is 9.28. The molecule has 0 saturated carbocycles. The van der Waals surface area contributed by atoms with Crippen molar-refractivity contribution in [2.45, 2.75) is 19.1 Å². The molecule has 14 nitrogen and oxygen atoms in total. The first-order valence-corrected chi connectivity index (χ1v) is 17.8. The Balaban J connectivity index is 1.13. The van der Waals surface area contributed by atoms with Crippen LogP contribution in [0.15, 0.2) is 84.4 Å². The molecule has 2 amide bonds. The number of imide groups is 1. The Morgan fingerprint density at radius 3 is 2.27 bits per heavy atom. The maximum absolute atomic E-state index is 13.6. The lowest BCUT2D eigenvalue weighted by molar-refractivity contribution is -0.185. The number of cyclic esters (lactones) is 1. The lowest BCUT2D eigenvalue weighted by Gasteiger charge is -2.26. The molecule has 1 unspecified atom stereocenters. The van der Waals surface area contributed by atoms with Gasteiger partial charge < -0.3 is 47.7 Å². The summed E-state index contributed by atoms with van der Waals surface area (Å²) >= 11 is 0. The maximum atomic E-state index is 13.6. The molecule has 2 aliphatic rings. The van der Waals surface area contributed by atoms with Crippen LogP contribution in [0.25, 0.3) is 5.57 Å². The molecule has 6 rings (SSSR count). The number of fused-ring (bicyclic) bond motifs is 1. The number of ether oxygens (including phenoxy) is 9. The van der Waals surface area contributed by atoms with E-state index in [4.69, 9.17) is 42.6 Å². The monoisotopic (exact) mass is 769 g/mol. The normalized spacial score (nSPS) is 15.7. The Morgan fingerprint density at radius 1 is 0.839 bits per heavy atom. The van der Waals surface area contributed by atoms with Crippen LogP contribution in [-0.4, -0.2) is 96.0 Å². The van der Waals surface area contributed by atoms with Crippen molar-refractivity contribution in [3.05, 3.63) is 112 Å². The second-order valence-corrected chi connectivity index (χ2v) is 12.7. The number of carbonyl (C=O) groups excluding carboxylic acids is 3. The number of aryl methyl sites for hydroxylation is 1. The standard InChI is InChI=1S/C42H43NO13/c1-27-7-5-6-8-32(27)40(45)43(25-44)15-16-51-17-18-52-19-20-53-37-23-28(22-36(49-3)39(37)50-4)21-33-38(29-9-14-34-35(24-29)55-26-54-34)41(46)56-42(33,47)30-10-12-31(48-2)13-11-30/h5-14,22-25,47H,15-21,26H2,1-4H3. The van der Waals surface area contributed by atoms with Crippen LogP contribution in [0.3, 0.4) is 0 Å². The smallest absolute Gasteiger partial charge is 0.342 e. The van der Waals surface area contributed by atoms with Crippen LogP contribution in [0.2, 0.25) is 0 Å². The molecule has 2 aliphatic heterocycles. The summed E-state index contributed by atoms with van der Waals surface area (Å²) in [6.07, 6.45) is 0.544. The van der Waals surface area contributed by atoms with Crippen LogP contribution in [0.5, 0.6) is 34.5 Å². The lowest BCUT2D eigenvalue weighted by atomic mass is 9.88. The fourth-order valence-corrected chi connectivity index (χ4v) is 6.40. The number of rotatable bonds is 19. The quantitative estimate of drug-likeness (QED) is 0.0785. The summed E-state index contributed by atoms with van der Waals surface area (Å²) in [5.74, 6) is -0.602.